The molecule has 10 heteroatoms. The first kappa shape index (κ1) is 20.7. The molecule has 1 saturated carbocycles. The van der Waals surface area contributed by atoms with Crippen molar-refractivity contribution >= 4 is 22.4 Å². The van der Waals surface area contributed by atoms with Crippen molar-refractivity contribution in [1.29, 1.82) is 0 Å². The van der Waals surface area contributed by atoms with Crippen molar-refractivity contribution in [1.82, 2.24) is 4.57 Å². The van der Waals surface area contributed by atoms with Gasteiger partial charge in [0.15, 0.2) is 5.82 Å². The number of carbonyl (C=O) groups excluding carboxylic acids is 1. The third-order valence-corrected chi connectivity index (χ3v) is 6.70. The molecule has 0 radical (unpaired) electrons. The molecule has 168 valence electrons. The molecule has 8 nitrogen and oxygen atoms in total. The number of pyridine rings is 1. The lowest BCUT2D eigenvalue weighted by atomic mass is 9.86. The van der Waals surface area contributed by atoms with Crippen molar-refractivity contribution in [3.63, 3.8) is 0 Å². The van der Waals surface area contributed by atoms with Gasteiger partial charge < -0.3 is 15.2 Å². The summed E-state index contributed by atoms with van der Waals surface area (Å²) in [5.74, 6) is -2.71. The van der Waals surface area contributed by atoms with Gasteiger partial charge in [-0.3, -0.25) is 19.7 Å². The van der Waals surface area contributed by atoms with E-state index >= 15 is 8.78 Å². The summed E-state index contributed by atoms with van der Waals surface area (Å²) in [6.45, 7) is -0.302. The highest BCUT2D eigenvalue weighted by Gasteiger charge is 2.37. The molecule has 2 fully saturated rings. The molecule has 0 unspecified atom stereocenters. The maximum atomic E-state index is 15.8. The van der Waals surface area contributed by atoms with Crippen LogP contribution in [0.5, 0.6) is 0 Å². The first-order valence-electron chi connectivity index (χ1n) is 10.7. The molecule has 32 heavy (non-hydrogen) atoms. The molecule has 2 atom stereocenters. The molecule has 5 rings (SSSR count). The lowest BCUT2D eigenvalue weighted by molar-refractivity contribution is -0.465. The van der Waals surface area contributed by atoms with E-state index in [-0.39, 0.29) is 34.6 Å². The lowest BCUT2D eigenvalue weighted by Crippen LogP contribution is -2.34. The number of Topliss-reactive ketones (excluding diaryl/α,β-unsaturated/α-hetero) is 1. The van der Waals surface area contributed by atoms with E-state index in [1.807, 2.05) is 0 Å². The van der Waals surface area contributed by atoms with E-state index < -0.39 is 39.9 Å². The number of hydrogen-bond donors (Lipinski definition) is 1. The molecule has 3 aliphatic rings. The molecule has 1 aliphatic heterocycles. The van der Waals surface area contributed by atoms with Gasteiger partial charge >= 0.3 is 0 Å². The number of nitro groups is 1. The van der Waals surface area contributed by atoms with Crippen LogP contribution in [0.3, 0.4) is 0 Å². The largest absolute Gasteiger partial charge is 0.362 e. The minimum atomic E-state index is -1.06. The number of nitrogens with zero attached hydrogens (tertiary/aromatic N) is 3. The summed E-state index contributed by atoms with van der Waals surface area (Å²) >= 11 is 0. The molecular weight excluding hydrogens is 422 g/mol. The summed E-state index contributed by atoms with van der Waals surface area (Å²) in [5, 5.41) is 10.5. The Bertz CT molecular complexity index is 1250. The zero-order chi connectivity index (χ0) is 22.7. The zero-order valence-corrected chi connectivity index (χ0v) is 17.2. The maximum absolute atomic E-state index is 15.8. The second kappa shape index (κ2) is 7.47. The molecule has 0 bridgehead atoms. The molecule has 2 aromatic rings. The highest BCUT2D eigenvalue weighted by Crippen LogP contribution is 2.41. The molecule has 2 heterocycles. The molecule has 2 aliphatic carbocycles. The van der Waals surface area contributed by atoms with Gasteiger partial charge in [-0.15, -0.1) is 0 Å². The Morgan fingerprint density at radius 3 is 2.69 bits per heavy atom. The van der Waals surface area contributed by atoms with E-state index in [0.29, 0.717) is 25.9 Å². The summed E-state index contributed by atoms with van der Waals surface area (Å²) in [6, 6.07) is 0.741. The van der Waals surface area contributed by atoms with Crippen molar-refractivity contribution in [3.8, 4) is 0 Å². The first-order chi connectivity index (χ1) is 15.3. The summed E-state index contributed by atoms with van der Waals surface area (Å²) in [7, 11) is 0. The average molecular weight is 444 g/mol. The van der Waals surface area contributed by atoms with Gasteiger partial charge in [0.05, 0.1) is 16.5 Å². The van der Waals surface area contributed by atoms with Crippen molar-refractivity contribution in [2.75, 3.05) is 24.5 Å². The number of nitrogens with two attached hydrogens (primary N) is 1. The molecule has 1 saturated heterocycles. The molecule has 2 N–H and O–H groups in total. The Balaban J connectivity index is 1.67. The average Bonchev–Trinajstić information content (AvgIpc) is 3.47. The minimum absolute atomic E-state index is 0.0333. The zero-order valence-electron chi connectivity index (χ0n) is 17.2. The van der Waals surface area contributed by atoms with E-state index in [9.17, 15) is 19.7 Å². The number of allylic oxidation sites excluding steroid dienone is 1. The Kier molecular flexibility index (Phi) is 4.85. The summed E-state index contributed by atoms with van der Waals surface area (Å²) in [6.07, 6.45) is 6.36. The lowest BCUT2D eigenvalue weighted by Gasteiger charge is -2.24. The highest BCUT2D eigenvalue weighted by molar-refractivity contribution is 6.00. The van der Waals surface area contributed by atoms with E-state index in [1.54, 1.807) is 4.90 Å². The van der Waals surface area contributed by atoms with Gasteiger partial charge in [-0.05, 0) is 37.3 Å². The second-order valence-electron chi connectivity index (χ2n) is 8.85. The fraction of sp³-hybridized carbons (Fsp3) is 0.455. The normalized spacial score (nSPS) is 22.7. The number of rotatable bonds is 5. The van der Waals surface area contributed by atoms with E-state index in [1.165, 1.54) is 10.8 Å². The van der Waals surface area contributed by atoms with Crippen molar-refractivity contribution in [2.24, 2.45) is 11.7 Å². The van der Waals surface area contributed by atoms with Gasteiger partial charge in [0.1, 0.15) is 11.5 Å². The van der Waals surface area contributed by atoms with Crippen LogP contribution in [0.2, 0.25) is 0 Å². The number of carbonyl (C=O) groups is 1. The third kappa shape index (κ3) is 3.29. The first-order valence-corrected chi connectivity index (χ1v) is 10.7. The van der Waals surface area contributed by atoms with E-state index in [2.05, 4.69) is 6.08 Å². The topological polar surface area (TPSA) is 111 Å². The van der Waals surface area contributed by atoms with Crippen LogP contribution in [-0.4, -0.2) is 40.9 Å². The summed E-state index contributed by atoms with van der Waals surface area (Å²) in [4.78, 5) is 36.7. The predicted octanol–water partition coefficient (Wildman–Crippen LogP) is 2.56. The Morgan fingerprint density at radius 1 is 1.28 bits per heavy atom. The second-order valence-corrected chi connectivity index (χ2v) is 8.85. The highest BCUT2D eigenvalue weighted by atomic mass is 19.1. The summed E-state index contributed by atoms with van der Waals surface area (Å²) in [5.41, 5.74) is 5.69. The number of benzene rings is 1. The minimum Gasteiger partial charge on any atom is -0.362 e. The predicted molar refractivity (Wildman–Crippen MR) is 114 cm³/mol. The van der Waals surface area contributed by atoms with E-state index in [4.69, 9.17) is 5.73 Å². The number of aromatic nitrogens is 1. The van der Waals surface area contributed by atoms with Gasteiger partial charge in [0.2, 0.25) is 11.2 Å². The number of anilines is 1. The number of fused-ring (bicyclic) bond motifs is 2. The van der Waals surface area contributed by atoms with Crippen molar-refractivity contribution in [2.45, 2.75) is 37.8 Å². The maximum Gasteiger partial charge on any atom is 0.266 e. The van der Waals surface area contributed by atoms with E-state index in [0.717, 1.165) is 24.5 Å². The van der Waals surface area contributed by atoms with Gasteiger partial charge in [-0.2, -0.15) is 0 Å². The third-order valence-electron chi connectivity index (χ3n) is 6.70. The van der Waals surface area contributed by atoms with Crippen molar-refractivity contribution < 1.29 is 18.5 Å². The number of ketones is 1. The molecular formula is C22H22F2N4O4. The smallest absolute Gasteiger partial charge is 0.266 e. The SMILES string of the molecule is N[C@H]1CCC=C2CN(c3c(F)cc4c(=O)c(C(=O)C[N+](=O)[O-])cn(C5CC5)c4c3F)C[C@H]21. The van der Waals surface area contributed by atoms with Crippen LogP contribution in [-0.2, 0) is 0 Å². The molecule has 0 amide bonds. The van der Waals surface area contributed by atoms with Crippen LogP contribution >= 0.6 is 0 Å². The monoisotopic (exact) mass is 444 g/mol. The van der Waals surface area contributed by atoms with Crippen LogP contribution in [0.25, 0.3) is 10.9 Å². The van der Waals surface area contributed by atoms with Crippen LogP contribution in [0, 0.1) is 27.7 Å². The van der Waals surface area contributed by atoms with Gasteiger partial charge in [-0.1, -0.05) is 6.08 Å². The fourth-order valence-electron chi connectivity index (χ4n) is 4.98. The Morgan fingerprint density at radius 2 is 2.03 bits per heavy atom. The van der Waals surface area contributed by atoms with Crippen LogP contribution < -0.4 is 16.1 Å². The fourth-order valence-corrected chi connectivity index (χ4v) is 4.98. The Labute approximate surface area is 181 Å². The van der Waals surface area contributed by atoms with Crippen LogP contribution in [0.1, 0.15) is 42.1 Å². The van der Waals surface area contributed by atoms with Crippen molar-refractivity contribution in [3.05, 3.63) is 61.4 Å². The number of halogens is 2. The molecule has 1 aromatic heterocycles. The summed E-state index contributed by atoms with van der Waals surface area (Å²) < 4.78 is 32.5. The number of hydrogen-bond acceptors (Lipinski definition) is 6. The molecule has 0 spiro atoms. The van der Waals surface area contributed by atoms with Crippen LogP contribution in [0.4, 0.5) is 14.5 Å². The van der Waals surface area contributed by atoms with Gasteiger partial charge in [-0.25, -0.2) is 8.78 Å². The van der Waals surface area contributed by atoms with Crippen LogP contribution in [0.15, 0.2) is 28.7 Å². The quantitative estimate of drug-likeness (QED) is 0.328. The standard InChI is InChI=1S/C22H22F2N4O4/c23-16-6-13-20(19(24)21(16)26-7-11-2-1-3-17(25)14(11)8-26)27(12-4-5-12)9-15(22(13)30)18(29)10-28(31)32/h2,6,9,12,14,17H,1,3-5,7-8,10,25H2/t14-,17+/m1/s1. The van der Waals surface area contributed by atoms with Gasteiger partial charge in [0.25, 0.3) is 6.54 Å². The Hall–Kier alpha value is -3.14. The molecule has 1 aromatic carbocycles. The van der Waals surface area contributed by atoms with Gasteiger partial charge in [0, 0.05) is 42.2 Å².